The number of benzene rings is 1. The number of rotatable bonds is 3. The van der Waals surface area contributed by atoms with Crippen molar-refractivity contribution in [2.45, 2.75) is 25.8 Å². The fourth-order valence-electron chi connectivity index (χ4n) is 4.34. The molecule has 2 aliphatic heterocycles. The number of aromatic amines is 1. The number of nitrogens with zero attached hydrogens (tertiary/aromatic N) is 5. The van der Waals surface area contributed by atoms with Gasteiger partial charge >= 0.3 is 0 Å². The lowest BCUT2D eigenvalue weighted by molar-refractivity contribution is 0.0988. The maximum absolute atomic E-state index is 13.5. The second-order valence-corrected chi connectivity index (χ2v) is 7.41. The molecule has 146 valence electrons. The highest BCUT2D eigenvalue weighted by atomic mass is 16.2. The van der Waals surface area contributed by atoms with Crippen molar-refractivity contribution < 1.29 is 4.79 Å². The molecular weight excluding hydrogens is 366 g/mol. The van der Waals surface area contributed by atoms with Crippen LogP contribution in [0.5, 0.6) is 0 Å². The second-order valence-electron chi connectivity index (χ2n) is 7.41. The van der Waals surface area contributed by atoms with Gasteiger partial charge in [0.05, 0.1) is 17.3 Å². The van der Waals surface area contributed by atoms with Gasteiger partial charge in [-0.3, -0.25) is 4.79 Å². The number of aromatic nitrogens is 3. The summed E-state index contributed by atoms with van der Waals surface area (Å²) in [4.78, 5) is 29.8. The van der Waals surface area contributed by atoms with Crippen LogP contribution >= 0.6 is 0 Å². The van der Waals surface area contributed by atoms with Gasteiger partial charge in [0.1, 0.15) is 11.4 Å². The number of fused-ring (bicyclic) bond motifs is 4. The number of hydrogen-bond donors (Lipinski definition) is 2. The van der Waals surface area contributed by atoms with Crippen LogP contribution in [0.1, 0.15) is 35.7 Å². The molecule has 0 saturated carbocycles. The topological polar surface area (TPSA) is 101 Å². The number of nitriles is 1. The van der Waals surface area contributed by atoms with Gasteiger partial charge in [0.15, 0.2) is 0 Å². The molecule has 2 N–H and O–H groups in total. The van der Waals surface area contributed by atoms with E-state index < -0.39 is 0 Å². The molecule has 0 aliphatic carbocycles. The molecule has 1 atom stereocenters. The van der Waals surface area contributed by atoms with Crippen LogP contribution in [0.15, 0.2) is 30.6 Å². The highest BCUT2D eigenvalue weighted by molar-refractivity contribution is 6.13. The first-order chi connectivity index (χ1) is 14.2. The molecule has 0 radical (unpaired) electrons. The molecule has 5 rings (SSSR count). The first-order valence-corrected chi connectivity index (χ1v) is 9.90. The summed E-state index contributed by atoms with van der Waals surface area (Å²) in [7, 11) is 0. The number of carbonyl (C=O) groups is 1. The van der Waals surface area contributed by atoms with Crippen molar-refractivity contribution in [1.82, 2.24) is 15.0 Å². The number of anilines is 3. The van der Waals surface area contributed by atoms with Crippen LogP contribution in [-0.4, -0.2) is 46.5 Å². The molecular formula is C21H21N7O. The summed E-state index contributed by atoms with van der Waals surface area (Å²) in [6, 6.07) is 7.86. The lowest BCUT2D eigenvalue weighted by atomic mass is 10.1. The molecule has 2 aromatic heterocycles. The van der Waals surface area contributed by atoms with Gasteiger partial charge in [-0.05, 0) is 38.0 Å². The van der Waals surface area contributed by atoms with Crippen LogP contribution in [-0.2, 0) is 0 Å². The van der Waals surface area contributed by atoms with E-state index in [1.807, 2.05) is 30.2 Å². The summed E-state index contributed by atoms with van der Waals surface area (Å²) in [5.74, 6) is 1.18. The normalized spacial score (nSPS) is 18.3. The summed E-state index contributed by atoms with van der Waals surface area (Å²) in [5.41, 5.74) is 2.78. The van der Waals surface area contributed by atoms with E-state index in [0.29, 0.717) is 23.6 Å². The van der Waals surface area contributed by atoms with E-state index in [4.69, 9.17) is 5.26 Å². The van der Waals surface area contributed by atoms with Crippen molar-refractivity contribution >= 4 is 34.3 Å². The molecule has 2 aliphatic rings. The van der Waals surface area contributed by atoms with Crippen LogP contribution < -0.4 is 15.1 Å². The third-order valence-corrected chi connectivity index (χ3v) is 5.70. The van der Waals surface area contributed by atoms with E-state index in [9.17, 15) is 4.79 Å². The molecule has 8 nitrogen and oxygen atoms in total. The van der Waals surface area contributed by atoms with E-state index >= 15 is 0 Å². The Morgan fingerprint density at radius 2 is 2.31 bits per heavy atom. The van der Waals surface area contributed by atoms with Crippen LogP contribution in [0, 0.1) is 11.3 Å². The molecule has 3 aromatic rings. The smallest absolute Gasteiger partial charge is 0.263 e. The number of carbonyl (C=O) groups excluding carboxylic acids is 1. The van der Waals surface area contributed by atoms with E-state index in [1.165, 1.54) is 0 Å². The van der Waals surface area contributed by atoms with Crippen molar-refractivity contribution in [3.05, 3.63) is 41.7 Å². The number of nitrogens with one attached hydrogen (secondary N) is 2. The average Bonchev–Trinajstić information content (AvgIpc) is 3.35. The van der Waals surface area contributed by atoms with Gasteiger partial charge in [-0.1, -0.05) is 0 Å². The predicted octanol–water partition coefficient (Wildman–Crippen LogP) is 2.89. The van der Waals surface area contributed by atoms with Crippen molar-refractivity contribution in [1.29, 1.82) is 5.26 Å². The standard InChI is InChI=1S/C21H21N7O/c1-2-23-21-25-10-16-19(26-21)27-7-3-4-14(27)12-28(20(16)29)18-11-24-17-8-13(9-22)5-6-15(17)18/h5-6,8,10-11,14,24H,2-4,7,12H2,1H3,(H,23,25,26). The van der Waals surface area contributed by atoms with E-state index in [2.05, 4.69) is 31.2 Å². The Labute approximate surface area is 168 Å². The van der Waals surface area contributed by atoms with Crippen LogP contribution in [0.4, 0.5) is 17.5 Å². The maximum Gasteiger partial charge on any atom is 0.263 e. The molecule has 0 bridgehead atoms. The highest BCUT2D eigenvalue weighted by Crippen LogP contribution is 2.36. The molecule has 8 heteroatoms. The molecule has 29 heavy (non-hydrogen) atoms. The molecule has 0 spiro atoms. The first-order valence-electron chi connectivity index (χ1n) is 9.90. The molecule has 1 amide bonds. The number of hydrogen-bond acceptors (Lipinski definition) is 6. The SMILES string of the molecule is CCNc1ncc2c(n1)N1CCCC1CN(c1c[nH]c3cc(C#N)ccc13)C2=O. The first kappa shape index (κ1) is 17.5. The third kappa shape index (κ3) is 2.78. The number of H-pyrrole nitrogens is 1. The largest absolute Gasteiger partial charge is 0.359 e. The molecule has 1 saturated heterocycles. The lowest BCUT2D eigenvalue weighted by Crippen LogP contribution is -2.39. The highest BCUT2D eigenvalue weighted by Gasteiger charge is 2.38. The predicted molar refractivity (Wildman–Crippen MR) is 111 cm³/mol. The minimum atomic E-state index is -0.0947. The van der Waals surface area contributed by atoms with Crippen molar-refractivity contribution in [3.8, 4) is 6.07 Å². The van der Waals surface area contributed by atoms with Gasteiger partial charge in [0, 0.05) is 49.0 Å². The zero-order valence-electron chi connectivity index (χ0n) is 16.1. The zero-order valence-corrected chi connectivity index (χ0v) is 16.1. The van der Waals surface area contributed by atoms with Crippen LogP contribution in [0.3, 0.4) is 0 Å². The summed E-state index contributed by atoms with van der Waals surface area (Å²) >= 11 is 0. The van der Waals surface area contributed by atoms with Crippen LogP contribution in [0.2, 0.25) is 0 Å². The lowest BCUT2D eigenvalue weighted by Gasteiger charge is -2.26. The van der Waals surface area contributed by atoms with Crippen molar-refractivity contribution in [2.24, 2.45) is 0 Å². The number of amides is 1. The van der Waals surface area contributed by atoms with Gasteiger partial charge in [-0.25, -0.2) is 4.98 Å². The minimum absolute atomic E-state index is 0.0947. The van der Waals surface area contributed by atoms with Crippen LogP contribution in [0.25, 0.3) is 10.9 Å². The summed E-state index contributed by atoms with van der Waals surface area (Å²) in [5, 5.41) is 13.2. The monoisotopic (exact) mass is 387 g/mol. The average molecular weight is 387 g/mol. The minimum Gasteiger partial charge on any atom is -0.359 e. The zero-order chi connectivity index (χ0) is 20.0. The Balaban J connectivity index is 1.62. The Bertz CT molecular complexity index is 1150. The second kappa shape index (κ2) is 6.78. The summed E-state index contributed by atoms with van der Waals surface area (Å²) in [6.45, 7) is 4.21. The van der Waals surface area contributed by atoms with E-state index in [-0.39, 0.29) is 11.9 Å². The Kier molecular flexibility index (Phi) is 4.09. The van der Waals surface area contributed by atoms with Gasteiger partial charge in [0.2, 0.25) is 5.95 Å². The molecule has 1 aromatic carbocycles. The van der Waals surface area contributed by atoms with Gasteiger partial charge in [-0.15, -0.1) is 0 Å². The Morgan fingerprint density at radius 3 is 3.14 bits per heavy atom. The molecule has 4 heterocycles. The van der Waals surface area contributed by atoms with Crippen molar-refractivity contribution in [2.75, 3.05) is 34.8 Å². The quantitative estimate of drug-likeness (QED) is 0.717. The molecule has 1 fully saturated rings. The fraction of sp³-hybridized carbons (Fsp3) is 0.333. The fourth-order valence-corrected chi connectivity index (χ4v) is 4.34. The molecule has 1 unspecified atom stereocenters. The Hall–Kier alpha value is -3.60. The van der Waals surface area contributed by atoms with Gasteiger partial charge in [-0.2, -0.15) is 10.2 Å². The van der Waals surface area contributed by atoms with Crippen molar-refractivity contribution in [3.63, 3.8) is 0 Å². The van der Waals surface area contributed by atoms with Gasteiger partial charge < -0.3 is 20.1 Å². The Morgan fingerprint density at radius 1 is 1.41 bits per heavy atom. The third-order valence-electron chi connectivity index (χ3n) is 5.70. The maximum atomic E-state index is 13.5. The van der Waals surface area contributed by atoms with E-state index in [1.54, 1.807) is 12.3 Å². The van der Waals surface area contributed by atoms with Gasteiger partial charge in [0.25, 0.3) is 5.91 Å². The summed E-state index contributed by atoms with van der Waals surface area (Å²) in [6.07, 6.45) is 5.58. The van der Waals surface area contributed by atoms with E-state index in [0.717, 1.165) is 48.3 Å². The summed E-state index contributed by atoms with van der Waals surface area (Å²) < 4.78 is 0.